The zero-order valence-electron chi connectivity index (χ0n) is 67.4. The summed E-state index contributed by atoms with van der Waals surface area (Å²) in [6.07, 6.45) is 29.0. The fourth-order valence-electron chi connectivity index (χ4n) is 7.70. The van der Waals surface area contributed by atoms with Crippen LogP contribution in [0.4, 0.5) is 0 Å². The lowest BCUT2D eigenvalue weighted by Gasteiger charge is -2.06. The molecule has 0 fully saturated rings. The fraction of sp³-hybridized carbons (Fsp3) is 0.447. The Balaban J connectivity index is -0.000000488. The molecule has 0 N–H and O–H groups in total. The Labute approximate surface area is 607 Å². The van der Waals surface area contributed by atoms with Crippen LogP contribution in [0.2, 0.25) is 0 Å². The average Bonchev–Trinajstić information content (AvgIpc) is 1.22. The first kappa shape index (κ1) is 96.5. The van der Waals surface area contributed by atoms with Gasteiger partial charge in [0.25, 0.3) is 0 Å². The molecule has 2 aliphatic heterocycles. The van der Waals surface area contributed by atoms with Crippen LogP contribution in [-0.2, 0) is 0 Å². The molecule has 8 heterocycles. The lowest BCUT2D eigenvalue weighted by molar-refractivity contribution is 0.821. The molecule has 5 aliphatic rings. The van der Waals surface area contributed by atoms with Crippen molar-refractivity contribution < 1.29 is 0 Å². The number of nitrogens with zero attached hydrogens (tertiary/aromatic N) is 11. The summed E-state index contributed by atoms with van der Waals surface area (Å²) in [6.45, 7) is 69.3. The number of aromatic nitrogens is 9. The van der Waals surface area contributed by atoms with E-state index in [2.05, 4.69) is 214 Å². The van der Waals surface area contributed by atoms with Crippen molar-refractivity contribution in [2.24, 2.45) is 15.9 Å². The SMILES string of the molecule is C1=CCN=C1.CC.CC.CC.CC.CC1=CC=C(C)C1C.CC1=CCC(C)=C1C.CC1=CCC(C)=C1C.CC1=NC=CC1.Cc1ccc(C)c(C)c1C.Cc1cccc(C)n1.Cc1cccnc1C.Cc1ccnc(C)c1C.Cc1ccnc(C)n1.Cc1ncns1.Cc1nncs1. The molecule has 98 heavy (non-hydrogen) atoms. The van der Waals surface area contributed by atoms with E-state index in [9.17, 15) is 0 Å². The number of hydrogen-bond donors (Lipinski definition) is 0. The average molecular weight is 1370 g/mol. The third kappa shape index (κ3) is 47.1. The van der Waals surface area contributed by atoms with Gasteiger partial charge in [0.1, 0.15) is 27.7 Å². The maximum absolute atomic E-state index is 4.17. The summed E-state index contributed by atoms with van der Waals surface area (Å²) in [5.74, 6) is 1.54. The minimum absolute atomic E-state index is 0.704. The molecule has 3 aliphatic carbocycles. The van der Waals surface area contributed by atoms with Crippen LogP contribution in [-0.4, -0.2) is 62.9 Å². The second-order valence-corrected chi connectivity index (χ2v) is 24.7. The first-order valence-electron chi connectivity index (χ1n) is 34.8. The predicted octanol–water partition coefficient (Wildman–Crippen LogP) is 25.1. The third-order valence-corrected chi connectivity index (χ3v) is 16.6. The Kier molecular flexibility index (Phi) is 59.4. The molecule has 0 spiro atoms. The molecule has 0 saturated heterocycles. The van der Waals surface area contributed by atoms with E-state index < -0.39 is 0 Å². The number of aryl methyl sites for hydroxylation is 12. The normalized spacial score (nSPS) is 12.4. The van der Waals surface area contributed by atoms with Crippen molar-refractivity contribution in [2.75, 3.05) is 6.54 Å². The molecule has 538 valence electrons. The highest BCUT2D eigenvalue weighted by Crippen LogP contribution is 2.26. The largest absolute Gasteiger partial charge is 0.289 e. The lowest BCUT2D eigenvalue weighted by Crippen LogP contribution is -1.91. The van der Waals surface area contributed by atoms with E-state index >= 15 is 0 Å². The summed E-state index contributed by atoms with van der Waals surface area (Å²) in [4.78, 5) is 32.0. The van der Waals surface area contributed by atoms with Crippen LogP contribution in [0.3, 0.4) is 0 Å². The van der Waals surface area contributed by atoms with Crippen molar-refractivity contribution >= 4 is 34.8 Å². The number of pyridine rings is 3. The smallest absolute Gasteiger partial charge is 0.129 e. The third-order valence-electron chi connectivity index (χ3n) is 15.4. The van der Waals surface area contributed by atoms with Crippen LogP contribution in [0.1, 0.15) is 227 Å². The highest BCUT2D eigenvalue weighted by atomic mass is 32.1. The second-order valence-electron chi connectivity index (χ2n) is 22.7. The molecule has 13 heteroatoms. The van der Waals surface area contributed by atoms with Gasteiger partial charge in [0.2, 0.25) is 0 Å². The Morgan fingerprint density at radius 3 is 1.16 bits per heavy atom. The van der Waals surface area contributed by atoms with E-state index in [4.69, 9.17) is 0 Å². The molecule has 0 saturated carbocycles. The second kappa shape index (κ2) is 60.3. The van der Waals surface area contributed by atoms with Crippen LogP contribution >= 0.6 is 22.9 Å². The number of rotatable bonds is 0. The first-order valence-corrected chi connectivity index (χ1v) is 36.5. The van der Waals surface area contributed by atoms with Crippen LogP contribution < -0.4 is 0 Å². The van der Waals surface area contributed by atoms with Gasteiger partial charge < -0.3 is 0 Å². The van der Waals surface area contributed by atoms with Crippen LogP contribution in [0.5, 0.6) is 0 Å². The number of allylic oxidation sites excluding steroid dienone is 14. The molecule has 0 unspecified atom stereocenters. The summed E-state index contributed by atoms with van der Waals surface area (Å²) in [5.41, 5.74) is 29.9. The fourth-order valence-corrected chi connectivity index (χ4v) is 8.39. The monoisotopic (exact) mass is 1370 g/mol. The highest BCUT2D eigenvalue weighted by Gasteiger charge is 2.09. The Bertz CT molecular complexity index is 3290. The van der Waals surface area contributed by atoms with Crippen molar-refractivity contribution in [2.45, 2.75) is 248 Å². The zero-order chi connectivity index (χ0) is 75.7. The molecule has 0 radical (unpaired) electrons. The van der Waals surface area contributed by atoms with Crippen LogP contribution in [0.25, 0.3) is 0 Å². The van der Waals surface area contributed by atoms with Gasteiger partial charge >= 0.3 is 0 Å². The van der Waals surface area contributed by atoms with Crippen molar-refractivity contribution in [1.82, 2.24) is 44.5 Å². The van der Waals surface area contributed by atoms with E-state index in [1.807, 2.05) is 185 Å². The number of benzene rings is 1. The van der Waals surface area contributed by atoms with E-state index in [1.54, 1.807) is 35.6 Å². The molecule has 1 aromatic carbocycles. The van der Waals surface area contributed by atoms with Crippen molar-refractivity contribution in [3.05, 3.63) is 262 Å². The molecular weight excluding hydrogens is 1240 g/mol. The maximum Gasteiger partial charge on any atom is 0.129 e. The Hall–Kier alpha value is -7.87. The number of hydrogen-bond acceptors (Lipinski definition) is 13. The van der Waals surface area contributed by atoms with Gasteiger partial charge in [0, 0.05) is 71.6 Å². The molecule has 11 nitrogen and oxygen atoms in total. The molecule has 0 atom stereocenters. The van der Waals surface area contributed by atoms with Crippen molar-refractivity contribution in [3.8, 4) is 0 Å². The molecule has 0 amide bonds. The van der Waals surface area contributed by atoms with Crippen LogP contribution in [0.15, 0.2) is 188 Å². The topological polar surface area (TPSA) is 141 Å². The summed E-state index contributed by atoms with van der Waals surface area (Å²) < 4.78 is 3.75. The van der Waals surface area contributed by atoms with E-state index in [-0.39, 0.29) is 0 Å². The van der Waals surface area contributed by atoms with E-state index in [0.29, 0.717) is 5.92 Å². The van der Waals surface area contributed by atoms with Gasteiger partial charge in [0.15, 0.2) is 0 Å². The first-order chi connectivity index (χ1) is 46.5. The summed E-state index contributed by atoms with van der Waals surface area (Å²) in [7, 11) is 0. The van der Waals surface area contributed by atoms with Crippen molar-refractivity contribution in [3.63, 3.8) is 0 Å². The van der Waals surface area contributed by atoms with Crippen molar-refractivity contribution in [1.29, 1.82) is 0 Å². The minimum Gasteiger partial charge on any atom is -0.289 e. The standard InChI is InChI=1S/C10H14.C8H11N.3C8H12.2C7H9N.C6H8N2.C5H7N.C4H5N.2C3H4N2S.4C2H6/c1-7-5-6-8(2)10(4)9(7)3;1-6-4-5-9-8(3)7(6)2;3*1-6-4-5-7(2)8(6)3;1-6-4-3-5-8-7(6)2;1-6-4-3-5-7(2)8-6;1-5-3-4-7-6(2)8-5;1-5-3-2-4-6-5;1-2-4-5-3-1;1-3-5-4-2-6-3;1-3-4-2-5-6-3;4*1-2/h5-6H,1-4H3;4-5H,1-3H3;2*4H,5H2,1-3H3;4-5,8H,1-3H3;2*3-5H,1-2H3;3-4H,1-2H3;2,4H,3H2,1H3;1-3H,4H2;2*2H,1H3;4*1-2H3. The van der Waals surface area contributed by atoms with Gasteiger partial charge in [-0.25, -0.2) is 15.0 Å². The van der Waals surface area contributed by atoms with E-state index in [0.717, 1.165) is 57.3 Å². The van der Waals surface area contributed by atoms with Gasteiger partial charge in [-0.2, -0.15) is 4.37 Å². The lowest BCUT2D eigenvalue weighted by atomic mass is 10.0. The predicted molar refractivity (Wildman–Crippen MR) is 437 cm³/mol. The van der Waals surface area contributed by atoms with Crippen LogP contribution in [0, 0.1) is 110 Å². The van der Waals surface area contributed by atoms with Gasteiger partial charge in [-0.1, -0.05) is 156 Å². The minimum atomic E-state index is 0.704. The Morgan fingerprint density at radius 1 is 0.449 bits per heavy atom. The molecule has 6 aromatic heterocycles. The molecule has 0 bridgehead atoms. The molecular formula is C85H131N11S2. The molecule has 12 rings (SSSR count). The Morgan fingerprint density at radius 2 is 0.949 bits per heavy atom. The van der Waals surface area contributed by atoms with Gasteiger partial charge in [-0.3, -0.25) is 24.9 Å². The maximum atomic E-state index is 4.17. The summed E-state index contributed by atoms with van der Waals surface area (Å²) in [6, 6.07) is 18.3. The zero-order valence-corrected chi connectivity index (χ0v) is 69.1. The molecule has 7 aromatic rings. The number of aliphatic imine (C=N–C) groups is 2. The highest BCUT2D eigenvalue weighted by molar-refractivity contribution is 7.09. The van der Waals surface area contributed by atoms with Gasteiger partial charge in [0.05, 0.1) is 6.54 Å². The summed E-state index contributed by atoms with van der Waals surface area (Å²) in [5, 5.41) is 9.32. The summed E-state index contributed by atoms with van der Waals surface area (Å²) >= 11 is 2.97. The van der Waals surface area contributed by atoms with E-state index in [1.165, 1.54) is 114 Å². The van der Waals surface area contributed by atoms with Gasteiger partial charge in [-0.15, -0.1) is 21.5 Å². The quantitative estimate of drug-likeness (QED) is 0.145. The van der Waals surface area contributed by atoms with Gasteiger partial charge in [-0.05, 0) is 283 Å².